The largest absolute Gasteiger partial charge is 0.497 e. The van der Waals surface area contributed by atoms with Gasteiger partial charge < -0.3 is 19.3 Å². The SMILES string of the molecule is CCC1(C=CCOCCO)CC(=O)OC2C(OC)=CC=CC21. The number of allylic oxidation sites excluding steroid dienone is 3. The van der Waals surface area contributed by atoms with Crippen LogP contribution in [0.1, 0.15) is 19.8 Å². The molecule has 1 N–H and O–H groups in total. The highest BCUT2D eigenvalue weighted by Gasteiger charge is 2.48. The maximum Gasteiger partial charge on any atom is 0.307 e. The minimum atomic E-state index is -0.362. The van der Waals surface area contributed by atoms with E-state index in [1.54, 1.807) is 7.11 Å². The number of hydrogen-bond acceptors (Lipinski definition) is 5. The zero-order valence-electron chi connectivity index (χ0n) is 13.2. The molecule has 0 spiro atoms. The first-order valence-corrected chi connectivity index (χ1v) is 7.65. The Hall–Kier alpha value is -1.59. The molecule has 1 aliphatic carbocycles. The lowest BCUT2D eigenvalue weighted by Crippen LogP contribution is -2.47. The summed E-state index contributed by atoms with van der Waals surface area (Å²) in [6, 6.07) is 0. The van der Waals surface area contributed by atoms with Crippen LogP contribution in [-0.2, 0) is 19.0 Å². The van der Waals surface area contributed by atoms with Gasteiger partial charge in [-0.15, -0.1) is 0 Å². The maximum atomic E-state index is 12.1. The second kappa shape index (κ2) is 7.61. The van der Waals surface area contributed by atoms with Crippen LogP contribution in [0.2, 0.25) is 0 Å². The molecule has 0 radical (unpaired) electrons. The number of esters is 1. The van der Waals surface area contributed by atoms with E-state index in [2.05, 4.69) is 19.1 Å². The predicted molar refractivity (Wildman–Crippen MR) is 82.0 cm³/mol. The Bertz CT molecular complexity index is 479. The van der Waals surface area contributed by atoms with Crippen LogP contribution in [0.15, 0.2) is 36.1 Å². The summed E-state index contributed by atoms with van der Waals surface area (Å²) in [4.78, 5) is 12.1. The molecule has 0 aromatic rings. The molecule has 1 saturated heterocycles. The van der Waals surface area contributed by atoms with Gasteiger partial charge in [-0.05, 0) is 12.5 Å². The van der Waals surface area contributed by atoms with E-state index in [-0.39, 0.29) is 30.0 Å². The highest BCUT2D eigenvalue weighted by atomic mass is 16.6. The molecule has 2 aliphatic rings. The predicted octanol–water partition coefficient (Wildman–Crippen LogP) is 1.98. The van der Waals surface area contributed by atoms with Crippen molar-refractivity contribution in [1.29, 1.82) is 0 Å². The Morgan fingerprint density at radius 2 is 2.36 bits per heavy atom. The van der Waals surface area contributed by atoms with E-state index in [0.29, 0.717) is 25.4 Å². The Morgan fingerprint density at radius 1 is 1.55 bits per heavy atom. The topological polar surface area (TPSA) is 65.0 Å². The molecule has 1 heterocycles. The van der Waals surface area contributed by atoms with Gasteiger partial charge in [0.2, 0.25) is 0 Å². The van der Waals surface area contributed by atoms with Gasteiger partial charge in [0.15, 0.2) is 6.10 Å². The molecule has 0 aromatic heterocycles. The van der Waals surface area contributed by atoms with Gasteiger partial charge in [0.25, 0.3) is 0 Å². The van der Waals surface area contributed by atoms with Crippen LogP contribution in [0.4, 0.5) is 0 Å². The van der Waals surface area contributed by atoms with Crippen LogP contribution >= 0.6 is 0 Å². The van der Waals surface area contributed by atoms with Gasteiger partial charge in [-0.25, -0.2) is 0 Å². The molecular formula is C17H24O5. The third kappa shape index (κ3) is 3.42. The Morgan fingerprint density at radius 3 is 3.05 bits per heavy atom. The first-order chi connectivity index (χ1) is 10.7. The van der Waals surface area contributed by atoms with E-state index < -0.39 is 0 Å². The van der Waals surface area contributed by atoms with Crippen molar-refractivity contribution >= 4 is 5.97 Å². The van der Waals surface area contributed by atoms with Crippen molar-refractivity contribution in [2.75, 3.05) is 26.9 Å². The number of methoxy groups -OCH3 is 1. The van der Waals surface area contributed by atoms with E-state index in [1.165, 1.54) is 0 Å². The quantitative estimate of drug-likeness (QED) is 0.442. The third-order valence-corrected chi connectivity index (χ3v) is 4.37. The molecule has 5 nitrogen and oxygen atoms in total. The van der Waals surface area contributed by atoms with Crippen molar-refractivity contribution in [2.24, 2.45) is 11.3 Å². The number of rotatable bonds is 7. The van der Waals surface area contributed by atoms with Crippen molar-refractivity contribution < 1.29 is 24.1 Å². The Kier molecular flexibility index (Phi) is 5.80. The van der Waals surface area contributed by atoms with Crippen LogP contribution < -0.4 is 0 Å². The van der Waals surface area contributed by atoms with Crippen LogP contribution in [0.3, 0.4) is 0 Å². The minimum Gasteiger partial charge on any atom is -0.497 e. The van der Waals surface area contributed by atoms with Gasteiger partial charge in [-0.3, -0.25) is 4.79 Å². The first kappa shape index (κ1) is 16.8. The molecule has 0 saturated carbocycles. The molecule has 1 aliphatic heterocycles. The number of carbonyl (C=O) groups is 1. The molecule has 3 unspecified atom stereocenters. The highest BCUT2D eigenvalue weighted by Crippen LogP contribution is 2.47. The second-order valence-electron chi connectivity index (χ2n) is 5.56. The average Bonchev–Trinajstić information content (AvgIpc) is 2.53. The molecule has 0 bridgehead atoms. The highest BCUT2D eigenvalue weighted by molar-refractivity contribution is 5.73. The van der Waals surface area contributed by atoms with Gasteiger partial charge in [-0.1, -0.05) is 31.2 Å². The molecule has 2 rings (SSSR count). The number of hydrogen-bond donors (Lipinski definition) is 1. The van der Waals surface area contributed by atoms with E-state index in [9.17, 15) is 4.79 Å². The lowest BCUT2D eigenvalue weighted by molar-refractivity contribution is -0.165. The third-order valence-electron chi connectivity index (χ3n) is 4.37. The summed E-state index contributed by atoms with van der Waals surface area (Å²) in [5, 5.41) is 8.72. The van der Waals surface area contributed by atoms with Gasteiger partial charge in [-0.2, -0.15) is 0 Å². The van der Waals surface area contributed by atoms with Crippen LogP contribution in [0.5, 0.6) is 0 Å². The molecule has 122 valence electrons. The van der Waals surface area contributed by atoms with E-state index in [1.807, 2.05) is 18.2 Å². The second-order valence-corrected chi connectivity index (χ2v) is 5.56. The summed E-state index contributed by atoms with van der Waals surface area (Å²) in [5.74, 6) is 0.537. The van der Waals surface area contributed by atoms with Crippen LogP contribution in [-0.4, -0.2) is 44.1 Å². The molecular weight excluding hydrogens is 284 g/mol. The number of carbonyl (C=O) groups excluding carboxylic acids is 1. The smallest absolute Gasteiger partial charge is 0.307 e. The monoisotopic (exact) mass is 308 g/mol. The average molecular weight is 308 g/mol. The molecule has 0 aromatic carbocycles. The summed E-state index contributed by atoms with van der Waals surface area (Å²) in [5.41, 5.74) is -0.295. The van der Waals surface area contributed by atoms with Crippen LogP contribution in [0.25, 0.3) is 0 Å². The summed E-state index contributed by atoms with van der Waals surface area (Å²) >= 11 is 0. The van der Waals surface area contributed by atoms with Crippen molar-refractivity contribution in [3.63, 3.8) is 0 Å². The molecule has 22 heavy (non-hydrogen) atoms. The van der Waals surface area contributed by atoms with Gasteiger partial charge in [0, 0.05) is 11.3 Å². The van der Waals surface area contributed by atoms with Gasteiger partial charge in [0.1, 0.15) is 5.76 Å². The summed E-state index contributed by atoms with van der Waals surface area (Å²) in [7, 11) is 1.59. The van der Waals surface area contributed by atoms with Gasteiger partial charge in [0.05, 0.1) is 33.4 Å². The summed E-state index contributed by atoms with van der Waals surface area (Å²) in [6.45, 7) is 2.82. The van der Waals surface area contributed by atoms with Crippen molar-refractivity contribution in [3.05, 3.63) is 36.1 Å². The fourth-order valence-electron chi connectivity index (χ4n) is 3.17. The first-order valence-electron chi connectivity index (χ1n) is 7.65. The van der Waals surface area contributed by atoms with E-state index >= 15 is 0 Å². The Labute approximate surface area is 131 Å². The van der Waals surface area contributed by atoms with Crippen molar-refractivity contribution in [2.45, 2.75) is 25.9 Å². The fraction of sp³-hybridized carbons (Fsp3) is 0.588. The number of ether oxygens (including phenoxy) is 3. The summed E-state index contributed by atoms with van der Waals surface area (Å²) < 4.78 is 16.1. The van der Waals surface area contributed by atoms with Gasteiger partial charge >= 0.3 is 5.97 Å². The lowest BCUT2D eigenvalue weighted by atomic mass is 9.65. The summed E-state index contributed by atoms with van der Waals surface area (Å²) in [6.07, 6.45) is 10.7. The lowest BCUT2D eigenvalue weighted by Gasteiger charge is -2.45. The molecule has 3 atom stereocenters. The zero-order chi connectivity index (χ0) is 16.0. The molecule has 0 amide bonds. The standard InChI is InChI=1S/C17H24O5/c1-3-17(8-5-10-21-11-9-18)12-15(19)22-16-13(17)6-4-7-14(16)20-2/h4-8,13,16,18H,3,9-12H2,1-2H3. The van der Waals surface area contributed by atoms with E-state index in [4.69, 9.17) is 19.3 Å². The van der Waals surface area contributed by atoms with Crippen LogP contribution in [0, 0.1) is 11.3 Å². The normalized spacial score (nSPS) is 30.9. The van der Waals surface area contributed by atoms with E-state index in [0.717, 1.165) is 6.42 Å². The molecule has 1 fully saturated rings. The van der Waals surface area contributed by atoms with Crippen molar-refractivity contribution in [1.82, 2.24) is 0 Å². The minimum absolute atomic E-state index is 0.00845. The maximum absolute atomic E-state index is 12.1. The van der Waals surface area contributed by atoms with Crippen molar-refractivity contribution in [3.8, 4) is 0 Å². The Balaban J connectivity index is 2.19. The number of fused-ring (bicyclic) bond motifs is 1. The number of aliphatic hydroxyl groups excluding tert-OH is 1. The number of aliphatic hydroxyl groups is 1. The molecule has 5 heteroatoms. The fourth-order valence-corrected chi connectivity index (χ4v) is 3.17. The zero-order valence-corrected chi connectivity index (χ0v) is 13.2.